The third-order valence-corrected chi connectivity index (χ3v) is 6.10. The second-order valence-electron chi connectivity index (χ2n) is 7.37. The molecule has 1 fully saturated rings. The molecule has 0 amide bonds. The molecule has 0 spiro atoms. The minimum Gasteiger partial charge on any atom is -0.493 e. The maximum atomic E-state index is 6.64. The number of ether oxygens (including phenoxy) is 3. The Bertz CT molecular complexity index is 827. The van der Waals surface area contributed by atoms with Gasteiger partial charge in [-0.05, 0) is 43.7 Å². The van der Waals surface area contributed by atoms with E-state index in [-0.39, 0.29) is 0 Å². The van der Waals surface area contributed by atoms with Crippen LogP contribution in [0.5, 0.6) is 11.5 Å². The molecule has 0 N–H and O–H groups in total. The molecule has 1 saturated heterocycles. The van der Waals surface area contributed by atoms with Gasteiger partial charge in [0, 0.05) is 43.9 Å². The second-order valence-corrected chi connectivity index (χ2v) is 7.75. The fourth-order valence-corrected chi connectivity index (χ4v) is 4.50. The van der Waals surface area contributed by atoms with E-state index in [9.17, 15) is 0 Å². The van der Waals surface area contributed by atoms with E-state index in [0.717, 1.165) is 79.1 Å². The number of hydrogen-bond donors (Lipinski definition) is 0. The molecule has 0 unspecified atom stereocenters. The molecule has 2 heterocycles. The van der Waals surface area contributed by atoms with Gasteiger partial charge < -0.3 is 19.1 Å². The van der Waals surface area contributed by atoms with Crippen LogP contribution in [-0.2, 0) is 17.6 Å². The molecule has 6 heteroatoms. The molecule has 27 heavy (non-hydrogen) atoms. The number of methoxy groups -OCH3 is 2. The number of rotatable bonds is 7. The average molecular weight is 391 g/mol. The lowest BCUT2D eigenvalue weighted by atomic mass is 10.1. The summed E-state index contributed by atoms with van der Waals surface area (Å²) < 4.78 is 17.0. The highest BCUT2D eigenvalue weighted by Gasteiger charge is 2.22. The first-order valence-corrected chi connectivity index (χ1v) is 10.1. The Hall–Kier alpha value is -1.56. The number of aryl methyl sites for hydroxylation is 1. The molecule has 146 valence electrons. The number of aromatic nitrogens is 1. The van der Waals surface area contributed by atoms with E-state index in [1.165, 1.54) is 5.56 Å². The summed E-state index contributed by atoms with van der Waals surface area (Å²) >= 11 is 6.64. The molecule has 5 nitrogen and oxygen atoms in total. The van der Waals surface area contributed by atoms with Crippen molar-refractivity contribution in [1.29, 1.82) is 0 Å². The van der Waals surface area contributed by atoms with Crippen LogP contribution in [0, 0.1) is 0 Å². The van der Waals surface area contributed by atoms with Crippen LogP contribution >= 0.6 is 11.6 Å². The Balaban J connectivity index is 1.44. The Kier molecular flexibility index (Phi) is 5.71. The van der Waals surface area contributed by atoms with Crippen molar-refractivity contribution in [2.24, 2.45) is 0 Å². The van der Waals surface area contributed by atoms with E-state index >= 15 is 0 Å². The van der Waals surface area contributed by atoms with E-state index < -0.39 is 0 Å². The van der Waals surface area contributed by atoms with Gasteiger partial charge >= 0.3 is 0 Å². The molecule has 1 aliphatic heterocycles. The van der Waals surface area contributed by atoms with Crippen molar-refractivity contribution in [3.8, 4) is 11.5 Å². The highest BCUT2D eigenvalue weighted by atomic mass is 35.5. The maximum Gasteiger partial charge on any atom is 0.163 e. The number of benzene rings is 1. The van der Waals surface area contributed by atoms with Gasteiger partial charge in [-0.15, -0.1) is 0 Å². The summed E-state index contributed by atoms with van der Waals surface area (Å²) in [5.74, 6) is 1.45. The van der Waals surface area contributed by atoms with Crippen LogP contribution in [-0.4, -0.2) is 56.4 Å². The predicted octanol–water partition coefficient (Wildman–Crippen LogP) is 3.88. The van der Waals surface area contributed by atoms with Gasteiger partial charge in [-0.3, -0.25) is 4.98 Å². The number of fused-ring (bicyclic) bond motifs is 2. The van der Waals surface area contributed by atoms with Crippen LogP contribution < -0.4 is 9.47 Å². The predicted molar refractivity (Wildman–Crippen MR) is 107 cm³/mol. The maximum absolute atomic E-state index is 6.64. The summed E-state index contributed by atoms with van der Waals surface area (Å²) in [7, 11) is 3.46. The average Bonchev–Trinajstić information content (AvgIpc) is 3.34. The third-order valence-electron chi connectivity index (χ3n) is 5.67. The molecule has 1 aliphatic carbocycles. The minimum atomic E-state index is 0.379. The number of nitrogens with zero attached hydrogens (tertiary/aromatic N) is 2. The monoisotopic (exact) mass is 390 g/mol. The first kappa shape index (κ1) is 18.8. The number of halogens is 1. The number of hydrogen-bond acceptors (Lipinski definition) is 5. The molecule has 0 radical (unpaired) electrons. The van der Waals surface area contributed by atoms with Crippen molar-refractivity contribution < 1.29 is 14.2 Å². The molecular formula is C21H27ClN2O3. The van der Waals surface area contributed by atoms with Gasteiger partial charge in [0.15, 0.2) is 11.5 Å². The molecule has 2 aliphatic rings. The Morgan fingerprint density at radius 1 is 1.22 bits per heavy atom. The summed E-state index contributed by atoms with van der Waals surface area (Å²) in [6, 6.07) is 3.93. The SMILES string of the molecule is COc1cc2c(Cl)c3c(nc2cc1OCCCN1CC[C@H](OC)C1)CCC3. The third kappa shape index (κ3) is 3.86. The molecule has 1 atom stereocenters. The van der Waals surface area contributed by atoms with Gasteiger partial charge in [-0.2, -0.15) is 0 Å². The minimum absolute atomic E-state index is 0.379. The number of likely N-dealkylation sites (tertiary alicyclic amines) is 1. The topological polar surface area (TPSA) is 43.8 Å². The van der Waals surface area contributed by atoms with E-state index in [4.69, 9.17) is 30.8 Å². The highest BCUT2D eigenvalue weighted by molar-refractivity contribution is 6.36. The van der Waals surface area contributed by atoms with Crippen molar-refractivity contribution in [1.82, 2.24) is 9.88 Å². The summed E-state index contributed by atoms with van der Waals surface area (Å²) in [6.07, 6.45) is 5.61. The Morgan fingerprint density at radius 3 is 2.89 bits per heavy atom. The normalized spacial score (nSPS) is 19.6. The van der Waals surface area contributed by atoms with Crippen molar-refractivity contribution in [2.45, 2.75) is 38.2 Å². The zero-order chi connectivity index (χ0) is 18.8. The molecule has 2 aromatic rings. The first-order valence-electron chi connectivity index (χ1n) is 9.76. The lowest BCUT2D eigenvalue weighted by Gasteiger charge is -2.17. The largest absolute Gasteiger partial charge is 0.493 e. The van der Waals surface area contributed by atoms with Crippen molar-refractivity contribution in [2.75, 3.05) is 40.5 Å². The van der Waals surface area contributed by atoms with Crippen molar-refractivity contribution in [3.05, 3.63) is 28.4 Å². The molecular weight excluding hydrogens is 364 g/mol. The lowest BCUT2D eigenvalue weighted by Crippen LogP contribution is -2.25. The summed E-state index contributed by atoms with van der Waals surface area (Å²) in [4.78, 5) is 7.25. The summed E-state index contributed by atoms with van der Waals surface area (Å²) in [5.41, 5.74) is 3.21. The molecule has 1 aromatic carbocycles. The fraction of sp³-hybridized carbons (Fsp3) is 0.571. The van der Waals surface area contributed by atoms with Crippen LogP contribution in [0.4, 0.5) is 0 Å². The van der Waals surface area contributed by atoms with E-state index in [2.05, 4.69) is 4.90 Å². The van der Waals surface area contributed by atoms with Crippen LogP contribution in [0.2, 0.25) is 5.02 Å². The van der Waals surface area contributed by atoms with Crippen molar-refractivity contribution in [3.63, 3.8) is 0 Å². The van der Waals surface area contributed by atoms with Crippen LogP contribution in [0.15, 0.2) is 12.1 Å². The van der Waals surface area contributed by atoms with Crippen molar-refractivity contribution >= 4 is 22.5 Å². The molecule has 1 aromatic heterocycles. The summed E-state index contributed by atoms with van der Waals surface area (Å²) in [5, 5.41) is 1.77. The quantitative estimate of drug-likeness (QED) is 0.671. The second kappa shape index (κ2) is 8.21. The summed E-state index contributed by atoms with van der Waals surface area (Å²) in [6.45, 7) is 3.79. The fourth-order valence-electron chi connectivity index (χ4n) is 4.15. The Morgan fingerprint density at radius 2 is 2.11 bits per heavy atom. The van der Waals surface area contributed by atoms with Crippen LogP contribution in [0.3, 0.4) is 0 Å². The highest BCUT2D eigenvalue weighted by Crippen LogP contribution is 2.39. The zero-order valence-electron chi connectivity index (χ0n) is 16.1. The van der Waals surface area contributed by atoms with Crippen LogP contribution in [0.1, 0.15) is 30.5 Å². The lowest BCUT2D eigenvalue weighted by molar-refractivity contribution is 0.107. The smallest absolute Gasteiger partial charge is 0.163 e. The van der Waals surface area contributed by atoms with Gasteiger partial charge in [0.25, 0.3) is 0 Å². The standard InChI is InChI=1S/C21H27ClN2O3/c1-25-14-7-9-24(13-14)8-4-10-27-20-12-18-16(11-19(20)26-2)21(22)15-5-3-6-17(15)23-18/h11-12,14H,3-10,13H2,1-2H3/t14-/m0/s1. The molecule has 0 saturated carbocycles. The van der Waals surface area contributed by atoms with E-state index in [1.807, 2.05) is 12.1 Å². The Labute approximate surface area is 165 Å². The zero-order valence-corrected chi connectivity index (χ0v) is 16.8. The van der Waals surface area contributed by atoms with Gasteiger partial charge in [0.1, 0.15) is 0 Å². The molecule has 4 rings (SSSR count). The van der Waals surface area contributed by atoms with Crippen LogP contribution in [0.25, 0.3) is 10.9 Å². The first-order chi connectivity index (χ1) is 13.2. The van der Waals surface area contributed by atoms with Gasteiger partial charge in [-0.25, -0.2) is 0 Å². The van der Waals surface area contributed by atoms with E-state index in [0.29, 0.717) is 18.5 Å². The van der Waals surface area contributed by atoms with Gasteiger partial charge in [-0.1, -0.05) is 11.6 Å². The number of pyridine rings is 1. The van der Waals surface area contributed by atoms with E-state index in [1.54, 1.807) is 14.2 Å². The van der Waals surface area contributed by atoms with Gasteiger partial charge in [0.05, 0.1) is 30.4 Å². The van der Waals surface area contributed by atoms with Gasteiger partial charge in [0.2, 0.25) is 0 Å². The molecule has 0 bridgehead atoms.